The van der Waals surface area contributed by atoms with Gasteiger partial charge in [0.25, 0.3) is 0 Å². The lowest BCUT2D eigenvalue weighted by atomic mass is 15.8. The zero-order chi connectivity index (χ0) is 4.50. The molecule has 0 aromatic carbocycles. The van der Waals surface area contributed by atoms with Crippen molar-refractivity contribution in [3.05, 3.63) is 0 Å². The summed E-state index contributed by atoms with van der Waals surface area (Å²) in [5.74, 6) is 0. The van der Waals surface area contributed by atoms with E-state index in [0.29, 0.717) is 0 Å². The third-order valence-corrected chi connectivity index (χ3v) is 0. The Morgan fingerprint density at radius 3 is 1.14 bits per heavy atom. The van der Waals surface area contributed by atoms with Crippen LogP contribution in [-0.4, -0.2) is 34.0 Å². The predicted molar refractivity (Wildman–Crippen MR) is 23.5 cm³/mol. The molecule has 0 rings (SSSR count). The van der Waals surface area contributed by atoms with Gasteiger partial charge < -0.3 is 5.48 Å². The largest absolute Gasteiger partial charge is 0.412 e. The maximum atomic E-state index is 8.74. The van der Waals surface area contributed by atoms with E-state index in [1.54, 1.807) is 0 Å². The molecule has 0 aliphatic carbocycles. The first-order valence-corrected chi connectivity index (χ1v) is 2.10. The predicted octanol–water partition coefficient (Wildman–Crippen LogP) is -1.86. The van der Waals surface area contributed by atoms with E-state index in [1.807, 2.05) is 0 Å². The van der Waals surface area contributed by atoms with Crippen molar-refractivity contribution in [1.29, 1.82) is 0 Å². The standard InChI is InChI=1S/H2O4S.H2O.Si/c1-5(2,3)4;;/h(H2,1,2,3,4);1H2;. The molecule has 4 radical (unpaired) electrons. The second-order valence-electron chi connectivity index (χ2n) is 0.448. The number of hydrogen-bond acceptors (Lipinski definition) is 2. The summed E-state index contributed by atoms with van der Waals surface area (Å²) in [7, 11) is -4.67. The first-order chi connectivity index (χ1) is 2.00. The lowest BCUT2D eigenvalue weighted by Gasteiger charge is -1.68. The second kappa shape index (κ2) is 4.21. The zero-order valence-corrected chi connectivity index (χ0v) is 4.94. The van der Waals surface area contributed by atoms with E-state index in [-0.39, 0.29) is 16.4 Å². The highest BCUT2D eigenvalue weighted by molar-refractivity contribution is 7.79. The van der Waals surface area contributed by atoms with Crippen LogP contribution in [0.5, 0.6) is 0 Å². The Morgan fingerprint density at radius 1 is 1.14 bits per heavy atom. The summed E-state index contributed by atoms with van der Waals surface area (Å²) in [4.78, 5) is 0. The van der Waals surface area contributed by atoms with Crippen LogP contribution in [0, 0.1) is 0 Å². The first kappa shape index (κ1) is 15.7. The second-order valence-corrected chi connectivity index (χ2v) is 1.34. The maximum Gasteiger partial charge on any atom is 0.394 e. The van der Waals surface area contributed by atoms with Crippen molar-refractivity contribution in [3.63, 3.8) is 0 Å². The van der Waals surface area contributed by atoms with Crippen molar-refractivity contribution in [3.8, 4) is 0 Å². The van der Waals surface area contributed by atoms with Crippen molar-refractivity contribution < 1.29 is 23.0 Å². The van der Waals surface area contributed by atoms with E-state index in [0.717, 1.165) is 0 Å². The highest BCUT2D eigenvalue weighted by Gasteiger charge is 1.84. The molecule has 0 aliphatic heterocycles. The van der Waals surface area contributed by atoms with Gasteiger partial charge in [-0.1, -0.05) is 0 Å². The lowest BCUT2D eigenvalue weighted by molar-refractivity contribution is 0.381. The SMILES string of the molecule is O.O=S(=O)(O)O.[Si]. The fourth-order valence-corrected chi connectivity index (χ4v) is 0. The molecule has 0 saturated heterocycles. The average molecular weight is 144 g/mol. The van der Waals surface area contributed by atoms with E-state index in [1.165, 1.54) is 0 Å². The third-order valence-electron chi connectivity index (χ3n) is 0. The summed E-state index contributed by atoms with van der Waals surface area (Å²) < 4.78 is 31.6. The Kier molecular flexibility index (Phi) is 9.47. The van der Waals surface area contributed by atoms with Crippen LogP contribution in [0.25, 0.3) is 0 Å². The van der Waals surface area contributed by atoms with E-state index >= 15 is 0 Å². The minimum absolute atomic E-state index is 0. The molecule has 0 amide bonds. The molecule has 7 heavy (non-hydrogen) atoms. The van der Waals surface area contributed by atoms with Gasteiger partial charge in [-0.3, -0.25) is 9.11 Å². The summed E-state index contributed by atoms with van der Waals surface area (Å²) >= 11 is 0. The summed E-state index contributed by atoms with van der Waals surface area (Å²) in [5, 5.41) is 0. The van der Waals surface area contributed by atoms with Gasteiger partial charge in [-0.15, -0.1) is 0 Å². The molecule has 0 aliphatic rings. The van der Waals surface area contributed by atoms with Crippen molar-refractivity contribution >= 4 is 21.4 Å². The Balaban J connectivity index is -0.0000000800. The number of rotatable bonds is 0. The molecule has 0 atom stereocenters. The van der Waals surface area contributed by atoms with Gasteiger partial charge in [-0.25, -0.2) is 0 Å². The van der Waals surface area contributed by atoms with Crippen LogP contribution >= 0.6 is 0 Å². The molecule has 0 unspecified atom stereocenters. The van der Waals surface area contributed by atoms with Gasteiger partial charge >= 0.3 is 10.4 Å². The van der Waals surface area contributed by atoms with E-state index < -0.39 is 10.4 Å². The van der Waals surface area contributed by atoms with Crippen molar-refractivity contribution in [1.82, 2.24) is 0 Å². The minimum atomic E-state index is -4.67. The normalized spacial score (nSPS) is 8.29. The molecule has 0 aromatic heterocycles. The molecule has 5 nitrogen and oxygen atoms in total. The molecule has 7 heteroatoms. The quantitative estimate of drug-likeness (QED) is 0.307. The van der Waals surface area contributed by atoms with Crippen LogP contribution < -0.4 is 0 Å². The van der Waals surface area contributed by atoms with Gasteiger partial charge in [0.2, 0.25) is 0 Å². The Morgan fingerprint density at radius 2 is 1.14 bits per heavy atom. The van der Waals surface area contributed by atoms with Gasteiger partial charge in [-0.05, 0) is 0 Å². The first-order valence-electron chi connectivity index (χ1n) is 0.698. The van der Waals surface area contributed by atoms with Crippen molar-refractivity contribution in [2.45, 2.75) is 0 Å². The molecule has 0 bridgehead atoms. The molecule has 0 heterocycles. The van der Waals surface area contributed by atoms with Gasteiger partial charge in [0, 0.05) is 11.0 Å². The number of hydrogen-bond donors (Lipinski definition) is 2. The minimum Gasteiger partial charge on any atom is -0.412 e. The Hall–Kier alpha value is 0.0469. The van der Waals surface area contributed by atoms with Crippen LogP contribution in [0.1, 0.15) is 0 Å². The van der Waals surface area contributed by atoms with E-state index in [4.69, 9.17) is 17.5 Å². The van der Waals surface area contributed by atoms with Gasteiger partial charge in [-0.2, -0.15) is 8.42 Å². The van der Waals surface area contributed by atoms with Crippen LogP contribution in [0.15, 0.2) is 0 Å². The monoisotopic (exact) mass is 144 g/mol. The molecule has 0 spiro atoms. The van der Waals surface area contributed by atoms with Gasteiger partial charge in [0.15, 0.2) is 0 Å². The molecule has 4 N–H and O–H groups in total. The van der Waals surface area contributed by atoms with Crippen molar-refractivity contribution in [2.24, 2.45) is 0 Å². The highest BCUT2D eigenvalue weighted by Crippen LogP contribution is 1.59. The smallest absolute Gasteiger partial charge is 0.394 e. The summed E-state index contributed by atoms with van der Waals surface area (Å²) in [6, 6.07) is 0. The molecular weight excluding hydrogens is 140 g/mol. The molecule has 44 valence electrons. The third kappa shape index (κ3) is 45100. The Bertz CT molecular complexity index is 91.2. The fourth-order valence-electron chi connectivity index (χ4n) is 0. The van der Waals surface area contributed by atoms with Crippen LogP contribution in [0.3, 0.4) is 0 Å². The maximum absolute atomic E-state index is 8.74. The molecule has 0 aromatic rings. The highest BCUT2D eigenvalue weighted by atomic mass is 32.3. The zero-order valence-electron chi connectivity index (χ0n) is 3.12. The molecular formula is H4O5SSi. The molecule has 0 fully saturated rings. The van der Waals surface area contributed by atoms with Gasteiger partial charge in [0.05, 0.1) is 0 Å². The molecule has 0 saturated carbocycles. The average Bonchev–Trinajstić information content (AvgIpc) is 0.722. The lowest BCUT2D eigenvalue weighted by Crippen LogP contribution is -1.89. The summed E-state index contributed by atoms with van der Waals surface area (Å²) in [6.45, 7) is 0. The van der Waals surface area contributed by atoms with E-state index in [2.05, 4.69) is 0 Å². The summed E-state index contributed by atoms with van der Waals surface area (Å²) in [5.41, 5.74) is 0. The van der Waals surface area contributed by atoms with E-state index in [9.17, 15) is 0 Å². The van der Waals surface area contributed by atoms with Crippen LogP contribution in [0.2, 0.25) is 0 Å². The Labute approximate surface area is 45.3 Å². The fraction of sp³-hybridized carbons (Fsp3) is 0. The topological polar surface area (TPSA) is 106 Å². The van der Waals surface area contributed by atoms with Crippen LogP contribution in [0.4, 0.5) is 0 Å². The van der Waals surface area contributed by atoms with Gasteiger partial charge in [0.1, 0.15) is 0 Å². The summed E-state index contributed by atoms with van der Waals surface area (Å²) in [6.07, 6.45) is 0. The van der Waals surface area contributed by atoms with Crippen LogP contribution in [-0.2, 0) is 10.4 Å². The van der Waals surface area contributed by atoms with Crippen molar-refractivity contribution in [2.75, 3.05) is 0 Å².